The molecule has 1 aromatic carbocycles. The quantitative estimate of drug-likeness (QED) is 0.832. The molecular formula is C15H27N3O2S. The van der Waals surface area contributed by atoms with Gasteiger partial charge in [-0.05, 0) is 64.5 Å². The van der Waals surface area contributed by atoms with Crippen LogP contribution in [0.15, 0.2) is 17.0 Å². The molecule has 0 amide bonds. The van der Waals surface area contributed by atoms with Gasteiger partial charge in [0.1, 0.15) is 0 Å². The molecule has 120 valence electrons. The molecule has 0 fully saturated rings. The molecule has 0 bridgehead atoms. The minimum Gasteiger partial charge on any atom is -0.326 e. The van der Waals surface area contributed by atoms with Gasteiger partial charge in [0.2, 0.25) is 10.0 Å². The average Bonchev–Trinajstić information content (AvgIpc) is 2.39. The highest BCUT2D eigenvalue weighted by Crippen LogP contribution is 2.21. The molecule has 0 radical (unpaired) electrons. The third-order valence-corrected chi connectivity index (χ3v) is 5.64. The summed E-state index contributed by atoms with van der Waals surface area (Å²) >= 11 is 0. The molecule has 0 aliphatic heterocycles. The molecule has 5 nitrogen and oxygen atoms in total. The SMILES string of the molecule is Cc1cc(CN)cc(S(=O)(=O)NCC(C)(C)N(C)C)c1C. The van der Waals surface area contributed by atoms with E-state index < -0.39 is 10.0 Å². The van der Waals surface area contributed by atoms with Crippen LogP contribution in [0.3, 0.4) is 0 Å². The van der Waals surface area contributed by atoms with E-state index >= 15 is 0 Å². The summed E-state index contributed by atoms with van der Waals surface area (Å²) in [6.45, 7) is 8.37. The van der Waals surface area contributed by atoms with Gasteiger partial charge in [-0.2, -0.15) is 0 Å². The molecule has 0 aliphatic carbocycles. The maximum Gasteiger partial charge on any atom is 0.240 e. The fraction of sp³-hybridized carbons (Fsp3) is 0.600. The van der Waals surface area contributed by atoms with E-state index in [1.165, 1.54) is 0 Å². The van der Waals surface area contributed by atoms with Crippen molar-refractivity contribution in [3.8, 4) is 0 Å². The minimum atomic E-state index is -3.54. The van der Waals surface area contributed by atoms with Crippen LogP contribution in [0.5, 0.6) is 0 Å². The molecular weight excluding hydrogens is 286 g/mol. The van der Waals surface area contributed by atoms with Crippen LogP contribution in [-0.4, -0.2) is 39.5 Å². The summed E-state index contributed by atoms with van der Waals surface area (Å²) in [6.07, 6.45) is 0. The van der Waals surface area contributed by atoms with E-state index in [-0.39, 0.29) is 5.54 Å². The Morgan fingerprint density at radius 2 is 1.81 bits per heavy atom. The zero-order valence-electron chi connectivity index (χ0n) is 13.8. The molecule has 0 atom stereocenters. The van der Waals surface area contributed by atoms with Crippen LogP contribution >= 0.6 is 0 Å². The lowest BCUT2D eigenvalue weighted by molar-refractivity contribution is 0.199. The Kier molecular flexibility index (Phi) is 5.55. The minimum absolute atomic E-state index is 0.262. The molecule has 0 heterocycles. The van der Waals surface area contributed by atoms with E-state index in [2.05, 4.69) is 4.72 Å². The number of aryl methyl sites for hydroxylation is 1. The second-order valence-electron chi connectivity index (χ2n) is 6.27. The molecule has 0 saturated carbocycles. The van der Waals surface area contributed by atoms with Crippen molar-refractivity contribution in [3.05, 3.63) is 28.8 Å². The van der Waals surface area contributed by atoms with Gasteiger partial charge in [-0.3, -0.25) is 0 Å². The number of benzene rings is 1. The predicted octanol–water partition coefficient (Wildman–Crippen LogP) is 1.38. The van der Waals surface area contributed by atoms with Crippen molar-refractivity contribution in [1.82, 2.24) is 9.62 Å². The summed E-state index contributed by atoms with van der Waals surface area (Å²) in [5.41, 5.74) is 7.91. The van der Waals surface area contributed by atoms with Crippen molar-refractivity contribution in [1.29, 1.82) is 0 Å². The Labute approximate surface area is 128 Å². The lowest BCUT2D eigenvalue weighted by atomic mass is 10.1. The lowest BCUT2D eigenvalue weighted by Gasteiger charge is -2.32. The summed E-state index contributed by atoms with van der Waals surface area (Å²) in [5, 5.41) is 0. The van der Waals surface area contributed by atoms with Crippen LogP contribution < -0.4 is 10.5 Å². The number of nitrogens with two attached hydrogens (primary N) is 1. The maximum absolute atomic E-state index is 12.6. The first-order valence-electron chi connectivity index (χ1n) is 6.98. The molecule has 0 aromatic heterocycles. The number of likely N-dealkylation sites (N-methyl/N-ethyl adjacent to an activating group) is 1. The highest BCUT2D eigenvalue weighted by molar-refractivity contribution is 7.89. The van der Waals surface area contributed by atoms with E-state index in [0.717, 1.165) is 16.7 Å². The second-order valence-corrected chi connectivity index (χ2v) is 8.01. The molecule has 1 aromatic rings. The first-order chi connectivity index (χ1) is 9.51. The standard InChI is InChI=1S/C15H27N3O2S/c1-11-7-13(9-16)8-14(12(11)2)21(19,20)17-10-15(3,4)18(5)6/h7-8,17H,9-10,16H2,1-6H3. The van der Waals surface area contributed by atoms with Gasteiger partial charge in [-0.1, -0.05) is 6.07 Å². The number of nitrogens with zero attached hydrogens (tertiary/aromatic N) is 1. The first-order valence-corrected chi connectivity index (χ1v) is 8.47. The van der Waals surface area contributed by atoms with Crippen molar-refractivity contribution < 1.29 is 8.42 Å². The monoisotopic (exact) mass is 313 g/mol. The van der Waals surface area contributed by atoms with E-state index in [9.17, 15) is 8.42 Å². The van der Waals surface area contributed by atoms with Crippen LogP contribution in [0.4, 0.5) is 0 Å². The summed E-state index contributed by atoms with van der Waals surface area (Å²) in [5.74, 6) is 0. The van der Waals surface area contributed by atoms with Crippen molar-refractivity contribution in [3.63, 3.8) is 0 Å². The molecule has 21 heavy (non-hydrogen) atoms. The summed E-state index contributed by atoms with van der Waals surface area (Å²) in [4.78, 5) is 2.31. The predicted molar refractivity (Wildman–Crippen MR) is 86.8 cm³/mol. The van der Waals surface area contributed by atoms with Crippen LogP contribution in [0.25, 0.3) is 0 Å². The Bertz CT molecular complexity index is 608. The van der Waals surface area contributed by atoms with Crippen LogP contribution in [0.1, 0.15) is 30.5 Å². The lowest BCUT2D eigenvalue weighted by Crippen LogP contribution is -2.48. The number of hydrogen-bond donors (Lipinski definition) is 2. The van der Waals surface area contributed by atoms with E-state index in [1.807, 2.05) is 52.8 Å². The largest absolute Gasteiger partial charge is 0.326 e. The molecule has 0 spiro atoms. The van der Waals surface area contributed by atoms with Gasteiger partial charge in [-0.15, -0.1) is 0 Å². The molecule has 1 rings (SSSR count). The van der Waals surface area contributed by atoms with Crippen molar-refractivity contribution in [2.45, 2.75) is 44.7 Å². The summed E-state index contributed by atoms with van der Waals surface area (Å²) < 4.78 is 27.9. The van der Waals surface area contributed by atoms with E-state index in [0.29, 0.717) is 18.0 Å². The molecule has 0 aliphatic rings. The first kappa shape index (κ1) is 18.1. The molecule has 0 unspecified atom stereocenters. The second kappa shape index (κ2) is 6.44. The topological polar surface area (TPSA) is 75.4 Å². The number of hydrogen-bond acceptors (Lipinski definition) is 4. The number of rotatable bonds is 6. The van der Waals surface area contributed by atoms with Crippen LogP contribution in [0, 0.1) is 13.8 Å². The zero-order valence-corrected chi connectivity index (χ0v) is 14.6. The highest BCUT2D eigenvalue weighted by Gasteiger charge is 2.25. The fourth-order valence-corrected chi connectivity index (χ4v) is 3.37. The summed E-state index contributed by atoms with van der Waals surface area (Å²) in [7, 11) is 0.314. The third kappa shape index (κ3) is 4.26. The van der Waals surface area contributed by atoms with Gasteiger partial charge in [-0.25, -0.2) is 13.1 Å². The van der Waals surface area contributed by atoms with Crippen LogP contribution in [-0.2, 0) is 16.6 Å². The Morgan fingerprint density at radius 1 is 1.24 bits per heavy atom. The normalized spacial score (nSPS) is 13.0. The Hall–Kier alpha value is -0.950. The van der Waals surface area contributed by atoms with Crippen molar-refractivity contribution >= 4 is 10.0 Å². The van der Waals surface area contributed by atoms with Gasteiger partial charge in [0.05, 0.1) is 4.90 Å². The van der Waals surface area contributed by atoms with Crippen LogP contribution in [0.2, 0.25) is 0 Å². The van der Waals surface area contributed by atoms with E-state index in [4.69, 9.17) is 5.73 Å². The van der Waals surface area contributed by atoms with Crippen molar-refractivity contribution in [2.24, 2.45) is 5.73 Å². The maximum atomic E-state index is 12.6. The Morgan fingerprint density at radius 3 is 2.29 bits per heavy atom. The fourth-order valence-electron chi connectivity index (χ4n) is 1.80. The van der Waals surface area contributed by atoms with E-state index in [1.54, 1.807) is 6.07 Å². The molecule has 0 saturated heterocycles. The average molecular weight is 313 g/mol. The van der Waals surface area contributed by atoms with Crippen molar-refractivity contribution in [2.75, 3.05) is 20.6 Å². The van der Waals surface area contributed by atoms with Gasteiger partial charge in [0.25, 0.3) is 0 Å². The third-order valence-electron chi connectivity index (χ3n) is 4.11. The number of nitrogens with one attached hydrogen (secondary N) is 1. The highest BCUT2D eigenvalue weighted by atomic mass is 32.2. The van der Waals surface area contributed by atoms with Gasteiger partial charge >= 0.3 is 0 Å². The van der Waals surface area contributed by atoms with Gasteiger partial charge in [0.15, 0.2) is 0 Å². The van der Waals surface area contributed by atoms with Gasteiger partial charge < -0.3 is 10.6 Å². The van der Waals surface area contributed by atoms with Gasteiger partial charge in [0, 0.05) is 18.6 Å². The molecule has 3 N–H and O–H groups in total. The molecule has 6 heteroatoms. The number of sulfonamides is 1. The summed E-state index contributed by atoms with van der Waals surface area (Å²) in [6, 6.07) is 3.59. The Balaban J connectivity index is 3.12. The smallest absolute Gasteiger partial charge is 0.240 e. The zero-order chi connectivity index (χ0) is 16.4.